The molecule has 1 atom stereocenters. The highest BCUT2D eigenvalue weighted by Gasteiger charge is 2.29. The van der Waals surface area contributed by atoms with E-state index in [2.05, 4.69) is 27.5 Å². The SMILES string of the molecule is CCc1ccc(Nc2cc(C(=O)NC3CCS(=O)(=O)C3)ncn2)cc1. The van der Waals surface area contributed by atoms with Crippen molar-refractivity contribution < 1.29 is 13.2 Å². The summed E-state index contributed by atoms with van der Waals surface area (Å²) in [7, 11) is -3.04. The van der Waals surface area contributed by atoms with Crippen LogP contribution in [0.5, 0.6) is 0 Å². The van der Waals surface area contributed by atoms with E-state index in [1.165, 1.54) is 11.9 Å². The Hall–Kier alpha value is -2.48. The standard InChI is InChI=1S/C17H20N4O3S/c1-2-12-3-5-13(6-4-12)20-16-9-15(18-11-19-16)17(22)21-14-7-8-25(23,24)10-14/h3-6,9,11,14H,2,7-8,10H2,1H3,(H,21,22)(H,18,19,20). The predicted molar refractivity (Wildman–Crippen MR) is 95.7 cm³/mol. The number of nitrogens with zero attached hydrogens (tertiary/aromatic N) is 2. The van der Waals surface area contributed by atoms with Crippen LogP contribution in [-0.4, -0.2) is 41.8 Å². The molecule has 1 amide bonds. The number of nitrogens with one attached hydrogen (secondary N) is 2. The molecule has 1 aliphatic heterocycles. The van der Waals surface area contributed by atoms with Crippen LogP contribution >= 0.6 is 0 Å². The van der Waals surface area contributed by atoms with Crippen molar-refractivity contribution in [3.8, 4) is 0 Å². The lowest BCUT2D eigenvalue weighted by molar-refractivity contribution is 0.0936. The average Bonchev–Trinajstić information content (AvgIpc) is 2.94. The van der Waals surface area contributed by atoms with Gasteiger partial charge in [-0.1, -0.05) is 19.1 Å². The molecule has 1 fully saturated rings. The molecule has 25 heavy (non-hydrogen) atoms. The number of anilines is 2. The molecule has 0 aliphatic carbocycles. The first-order valence-electron chi connectivity index (χ1n) is 8.14. The van der Waals surface area contributed by atoms with Crippen LogP contribution in [0, 0.1) is 0 Å². The normalized spacial score (nSPS) is 18.7. The number of rotatable bonds is 5. The molecule has 2 aromatic rings. The predicted octanol–water partition coefficient (Wildman–Crippen LogP) is 1.70. The van der Waals surface area contributed by atoms with Crippen molar-refractivity contribution in [1.82, 2.24) is 15.3 Å². The highest BCUT2D eigenvalue weighted by atomic mass is 32.2. The van der Waals surface area contributed by atoms with Gasteiger partial charge in [-0.15, -0.1) is 0 Å². The van der Waals surface area contributed by atoms with Gasteiger partial charge in [0.25, 0.3) is 5.91 Å². The molecule has 1 aliphatic rings. The van der Waals surface area contributed by atoms with Crippen molar-refractivity contribution in [2.75, 3.05) is 16.8 Å². The fourth-order valence-corrected chi connectivity index (χ4v) is 4.36. The maximum absolute atomic E-state index is 12.3. The van der Waals surface area contributed by atoms with Gasteiger partial charge in [-0.05, 0) is 30.5 Å². The van der Waals surface area contributed by atoms with Crippen LogP contribution in [-0.2, 0) is 16.3 Å². The van der Waals surface area contributed by atoms with Gasteiger partial charge in [0.15, 0.2) is 9.84 Å². The topological polar surface area (TPSA) is 101 Å². The van der Waals surface area contributed by atoms with Crippen LogP contribution in [0.3, 0.4) is 0 Å². The van der Waals surface area contributed by atoms with Gasteiger partial charge in [-0.3, -0.25) is 4.79 Å². The van der Waals surface area contributed by atoms with Gasteiger partial charge >= 0.3 is 0 Å². The number of carbonyl (C=O) groups is 1. The molecular weight excluding hydrogens is 340 g/mol. The van der Waals surface area contributed by atoms with Gasteiger partial charge in [0.1, 0.15) is 17.8 Å². The second-order valence-corrected chi connectivity index (χ2v) is 8.27. The second-order valence-electron chi connectivity index (χ2n) is 6.04. The minimum atomic E-state index is -3.04. The molecule has 7 nitrogen and oxygen atoms in total. The molecule has 2 N–H and O–H groups in total. The number of aromatic nitrogens is 2. The van der Waals surface area contributed by atoms with E-state index in [0.717, 1.165) is 12.1 Å². The van der Waals surface area contributed by atoms with Crippen molar-refractivity contribution in [2.45, 2.75) is 25.8 Å². The Morgan fingerprint density at radius 2 is 2.00 bits per heavy atom. The van der Waals surface area contributed by atoms with E-state index in [1.807, 2.05) is 24.3 Å². The summed E-state index contributed by atoms with van der Waals surface area (Å²) in [5.41, 5.74) is 2.30. The summed E-state index contributed by atoms with van der Waals surface area (Å²) in [4.78, 5) is 20.4. The maximum atomic E-state index is 12.3. The number of hydrogen-bond acceptors (Lipinski definition) is 6. The maximum Gasteiger partial charge on any atom is 0.270 e. The van der Waals surface area contributed by atoms with Crippen LogP contribution in [0.4, 0.5) is 11.5 Å². The Labute approximate surface area is 146 Å². The molecule has 0 saturated carbocycles. The molecule has 1 unspecified atom stereocenters. The monoisotopic (exact) mass is 360 g/mol. The Kier molecular flexibility index (Phi) is 4.98. The van der Waals surface area contributed by atoms with E-state index in [9.17, 15) is 13.2 Å². The zero-order valence-corrected chi connectivity index (χ0v) is 14.7. The number of hydrogen-bond donors (Lipinski definition) is 2. The Bertz CT molecular complexity index is 866. The molecule has 8 heteroatoms. The third-order valence-electron chi connectivity index (χ3n) is 4.10. The smallest absolute Gasteiger partial charge is 0.270 e. The average molecular weight is 360 g/mol. The lowest BCUT2D eigenvalue weighted by atomic mass is 10.1. The molecule has 1 aromatic heterocycles. The van der Waals surface area contributed by atoms with Crippen molar-refractivity contribution in [3.63, 3.8) is 0 Å². The highest BCUT2D eigenvalue weighted by molar-refractivity contribution is 7.91. The zero-order valence-electron chi connectivity index (χ0n) is 13.9. The van der Waals surface area contributed by atoms with Gasteiger partial charge in [0.05, 0.1) is 11.5 Å². The summed E-state index contributed by atoms with van der Waals surface area (Å²) >= 11 is 0. The lowest BCUT2D eigenvalue weighted by Crippen LogP contribution is -2.36. The van der Waals surface area contributed by atoms with Gasteiger partial charge in [-0.2, -0.15) is 0 Å². The van der Waals surface area contributed by atoms with Gasteiger partial charge in [0, 0.05) is 17.8 Å². The molecule has 1 saturated heterocycles. The lowest BCUT2D eigenvalue weighted by Gasteiger charge is -2.11. The van der Waals surface area contributed by atoms with E-state index in [0.29, 0.717) is 12.2 Å². The Morgan fingerprint density at radius 1 is 1.24 bits per heavy atom. The minimum absolute atomic E-state index is 0.0152. The van der Waals surface area contributed by atoms with E-state index >= 15 is 0 Å². The summed E-state index contributed by atoms with van der Waals surface area (Å²) < 4.78 is 23.0. The van der Waals surface area contributed by atoms with E-state index in [-0.39, 0.29) is 23.2 Å². The van der Waals surface area contributed by atoms with Gasteiger partial charge in [-0.25, -0.2) is 18.4 Å². The summed E-state index contributed by atoms with van der Waals surface area (Å²) in [6.45, 7) is 2.09. The highest BCUT2D eigenvalue weighted by Crippen LogP contribution is 2.16. The molecule has 3 rings (SSSR count). The summed E-state index contributed by atoms with van der Waals surface area (Å²) in [5.74, 6) is 0.207. The van der Waals surface area contributed by atoms with Crippen LogP contribution in [0.15, 0.2) is 36.7 Å². The van der Waals surface area contributed by atoms with E-state index in [4.69, 9.17) is 0 Å². The quantitative estimate of drug-likeness (QED) is 0.842. The fraction of sp³-hybridized carbons (Fsp3) is 0.353. The molecular formula is C17H20N4O3S. The van der Waals surface area contributed by atoms with Crippen LogP contribution in [0.25, 0.3) is 0 Å². The van der Waals surface area contributed by atoms with Crippen molar-refractivity contribution in [2.24, 2.45) is 0 Å². The number of benzene rings is 1. The van der Waals surface area contributed by atoms with E-state index < -0.39 is 15.7 Å². The summed E-state index contributed by atoms with van der Waals surface area (Å²) in [6, 6.07) is 9.14. The van der Waals surface area contributed by atoms with Crippen molar-refractivity contribution in [1.29, 1.82) is 0 Å². The molecule has 1 aromatic carbocycles. The van der Waals surface area contributed by atoms with E-state index in [1.54, 1.807) is 6.07 Å². The molecule has 2 heterocycles. The minimum Gasteiger partial charge on any atom is -0.347 e. The summed E-state index contributed by atoms with van der Waals surface area (Å²) in [5, 5.41) is 5.85. The number of carbonyl (C=O) groups excluding carboxylic acids is 1. The third-order valence-corrected chi connectivity index (χ3v) is 5.87. The second kappa shape index (κ2) is 7.18. The fourth-order valence-electron chi connectivity index (χ4n) is 2.69. The zero-order chi connectivity index (χ0) is 17.9. The first kappa shape index (κ1) is 17.3. The van der Waals surface area contributed by atoms with Crippen LogP contribution < -0.4 is 10.6 Å². The molecule has 132 valence electrons. The first-order valence-corrected chi connectivity index (χ1v) is 9.96. The first-order chi connectivity index (χ1) is 11.9. The van der Waals surface area contributed by atoms with Crippen LogP contribution in [0.1, 0.15) is 29.4 Å². The van der Waals surface area contributed by atoms with Crippen LogP contribution in [0.2, 0.25) is 0 Å². The third kappa shape index (κ3) is 4.54. The number of amides is 1. The largest absolute Gasteiger partial charge is 0.347 e. The van der Waals surface area contributed by atoms with Gasteiger partial charge in [0.2, 0.25) is 0 Å². The Balaban J connectivity index is 1.67. The number of sulfone groups is 1. The van der Waals surface area contributed by atoms with Crippen molar-refractivity contribution in [3.05, 3.63) is 47.9 Å². The molecule has 0 spiro atoms. The molecule has 0 radical (unpaired) electrons. The van der Waals surface area contributed by atoms with Crippen molar-refractivity contribution >= 4 is 27.2 Å². The molecule has 0 bridgehead atoms. The number of aryl methyl sites for hydroxylation is 1. The summed E-state index contributed by atoms with van der Waals surface area (Å²) in [6.07, 6.45) is 2.71. The van der Waals surface area contributed by atoms with Gasteiger partial charge < -0.3 is 10.6 Å². The Morgan fingerprint density at radius 3 is 2.64 bits per heavy atom.